The fourth-order valence-electron chi connectivity index (χ4n) is 3.96. The van der Waals surface area contributed by atoms with E-state index in [1.54, 1.807) is 0 Å². The first-order valence-corrected chi connectivity index (χ1v) is 11.3. The van der Waals surface area contributed by atoms with Crippen LogP contribution in [0.5, 0.6) is 5.75 Å². The molecule has 5 nitrogen and oxygen atoms in total. The molecule has 0 spiro atoms. The molecular formula is C26H34N2O3. The van der Waals surface area contributed by atoms with Crippen LogP contribution in [0.15, 0.2) is 48.5 Å². The summed E-state index contributed by atoms with van der Waals surface area (Å²) in [7, 11) is 0. The average Bonchev–Trinajstić information content (AvgIpc) is 2.80. The van der Waals surface area contributed by atoms with Gasteiger partial charge in [-0.1, -0.05) is 44.2 Å². The summed E-state index contributed by atoms with van der Waals surface area (Å²) in [5.41, 5.74) is 2.86. The average molecular weight is 423 g/mol. The molecule has 0 radical (unpaired) electrons. The van der Waals surface area contributed by atoms with Crippen LogP contribution >= 0.6 is 0 Å². The van der Waals surface area contributed by atoms with Gasteiger partial charge in [-0.3, -0.25) is 9.59 Å². The molecule has 3 rings (SSSR count). The molecule has 1 heterocycles. The summed E-state index contributed by atoms with van der Waals surface area (Å²) < 4.78 is 6.07. The number of hydrogen-bond donors (Lipinski definition) is 1. The number of aryl methyl sites for hydroxylation is 1. The number of carbonyl (C=O) groups is 2. The lowest BCUT2D eigenvalue weighted by atomic mass is 9.95. The Kier molecular flexibility index (Phi) is 7.72. The van der Waals surface area contributed by atoms with Crippen LogP contribution in [-0.2, 0) is 9.59 Å². The molecule has 1 aliphatic rings. The van der Waals surface area contributed by atoms with Crippen molar-refractivity contribution >= 4 is 17.5 Å². The normalized spacial score (nSPS) is 18.2. The summed E-state index contributed by atoms with van der Waals surface area (Å²) in [6.07, 6.45) is 2.44. The van der Waals surface area contributed by atoms with E-state index in [9.17, 15) is 9.59 Å². The third-order valence-electron chi connectivity index (χ3n) is 6.18. The number of hydrogen-bond acceptors (Lipinski definition) is 3. The molecule has 1 N–H and O–H groups in total. The molecule has 2 amide bonds. The molecule has 31 heavy (non-hydrogen) atoms. The van der Waals surface area contributed by atoms with Gasteiger partial charge >= 0.3 is 0 Å². The molecular weight excluding hydrogens is 388 g/mol. The summed E-state index contributed by atoms with van der Waals surface area (Å²) in [6, 6.07) is 15.8. The van der Waals surface area contributed by atoms with E-state index in [1.165, 1.54) is 0 Å². The van der Waals surface area contributed by atoms with Crippen molar-refractivity contribution in [2.75, 3.05) is 18.4 Å². The highest BCUT2D eigenvalue weighted by molar-refractivity contribution is 5.94. The number of piperidine rings is 1. The maximum atomic E-state index is 12.9. The minimum absolute atomic E-state index is 0.00915. The number of carbonyl (C=O) groups excluding carboxylic acids is 2. The Hall–Kier alpha value is -2.82. The molecule has 3 atom stereocenters. The topological polar surface area (TPSA) is 58.6 Å². The van der Waals surface area contributed by atoms with Crippen LogP contribution in [0.25, 0.3) is 0 Å². The Morgan fingerprint density at radius 2 is 1.90 bits per heavy atom. The van der Waals surface area contributed by atoms with E-state index in [1.807, 2.05) is 81.1 Å². The van der Waals surface area contributed by atoms with Crippen LogP contribution in [0.1, 0.15) is 57.3 Å². The molecule has 1 fully saturated rings. The van der Waals surface area contributed by atoms with Crippen molar-refractivity contribution in [1.29, 1.82) is 0 Å². The second kappa shape index (κ2) is 10.5. The fourth-order valence-corrected chi connectivity index (χ4v) is 3.96. The molecule has 0 aliphatic carbocycles. The van der Waals surface area contributed by atoms with Crippen molar-refractivity contribution < 1.29 is 14.3 Å². The standard InChI is InChI=1S/C26H34N2O3/c1-5-18(2)26(30)28-15-9-12-22(17-28)25(29)27-24-14-13-23(16-19(24)3)31-20(4)21-10-7-6-8-11-21/h6-8,10-11,13-14,16,18,20,22H,5,9,12,15,17H2,1-4H3,(H,27,29). The zero-order valence-electron chi connectivity index (χ0n) is 19.1. The van der Waals surface area contributed by atoms with E-state index in [0.29, 0.717) is 6.54 Å². The van der Waals surface area contributed by atoms with Crippen LogP contribution in [0, 0.1) is 18.8 Å². The van der Waals surface area contributed by atoms with E-state index in [-0.39, 0.29) is 29.8 Å². The SMILES string of the molecule is CCC(C)C(=O)N1CCCC(C(=O)Nc2ccc(OC(C)c3ccccc3)cc2C)C1. The van der Waals surface area contributed by atoms with Gasteiger partial charge in [-0.15, -0.1) is 0 Å². The van der Waals surface area contributed by atoms with Crippen LogP contribution in [0.4, 0.5) is 5.69 Å². The maximum Gasteiger partial charge on any atom is 0.229 e. The molecule has 0 aromatic heterocycles. The third-order valence-corrected chi connectivity index (χ3v) is 6.18. The summed E-state index contributed by atoms with van der Waals surface area (Å²) in [4.78, 5) is 27.3. The van der Waals surface area contributed by atoms with Crippen molar-refractivity contribution in [3.63, 3.8) is 0 Å². The molecule has 1 aliphatic heterocycles. The van der Waals surface area contributed by atoms with Gasteiger partial charge in [0.15, 0.2) is 0 Å². The van der Waals surface area contributed by atoms with E-state index in [0.717, 1.165) is 48.4 Å². The van der Waals surface area contributed by atoms with Gasteiger partial charge in [-0.25, -0.2) is 0 Å². The summed E-state index contributed by atoms with van der Waals surface area (Å²) in [5.74, 6) is 0.751. The molecule has 0 bridgehead atoms. The minimum atomic E-state index is -0.171. The van der Waals surface area contributed by atoms with Crippen LogP contribution in [0.2, 0.25) is 0 Å². The number of anilines is 1. The lowest BCUT2D eigenvalue weighted by Gasteiger charge is -2.33. The highest BCUT2D eigenvalue weighted by Gasteiger charge is 2.30. The Balaban J connectivity index is 1.60. The number of nitrogens with one attached hydrogen (secondary N) is 1. The number of amides is 2. The molecule has 0 saturated carbocycles. The predicted molar refractivity (Wildman–Crippen MR) is 124 cm³/mol. The van der Waals surface area contributed by atoms with Gasteiger partial charge < -0.3 is 15.0 Å². The minimum Gasteiger partial charge on any atom is -0.486 e. The van der Waals surface area contributed by atoms with Gasteiger partial charge in [0.25, 0.3) is 0 Å². The van der Waals surface area contributed by atoms with Gasteiger partial charge in [0, 0.05) is 24.7 Å². The zero-order valence-corrected chi connectivity index (χ0v) is 19.1. The summed E-state index contributed by atoms with van der Waals surface area (Å²) in [6.45, 7) is 9.22. The van der Waals surface area contributed by atoms with Crippen molar-refractivity contribution in [1.82, 2.24) is 4.90 Å². The van der Waals surface area contributed by atoms with Gasteiger partial charge in [-0.05, 0) is 62.4 Å². The van der Waals surface area contributed by atoms with Crippen molar-refractivity contribution in [2.24, 2.45) is 11.8 Å². The van der Waals surface area contributed by atoms with Gasteiger partial charge in [0.1, 0.15) is 11.9 Å². The van der Waals surface area contributed by atoms with Crippen LogP contribution in [0.3, 0.4) is 0 Å². The highest BCUT2D eigenvalue weighted by Crippen LogP contribution is 2.27. The van der Waals surface area contributed by atoms with Gasteiger partial charge in [0.05, 0.1) is 5.92 Å². The largest absolute Gasteiger partial charge is 0.486 e. The molecule has 2 aromatic rings. The van der Waals surface area contributed by atoms with E-state index < -0.39 is 0 Å². The third kappa shape index (κ3) is 5.87. The fraction of sp³-hybridized carbons (Fsp3) is 0.462. The zero-order chi connectivity index (χ0) is 22.4. The maximum absolute atomic E-state index is 12.9. The molecule has 166 valence electrons. The smallest absolute Gasteiger partial charge is 0.229 e. The van der Waals surface area contributed by atoms with E-state index >= 15 is 0 Å². The van der Waals surface area contributed by atoms with Crippen LogP contribution in [-0.4, -0.2) is 29.8 Å². The first-order chi connectivity index (χ1) is 14.9. The molecule has 2 aromatic carbocycles. The molecule has 5 heteroatoms. The van der Waals surface area contributed by atoms with Crippen molar-refractivity contribution in [2.45, 2.75) is 53.1 Å². The van der Waals surface area contributed by atoms with Gasteiger partial charge in [-0.2, -0.15) is 0 Å². The summed E-state index contributed by atoms with van der Waals surface area (Å²) in [5, 5.41) is 3.06. The number of ether oxygens (including phenoxy) is 1. The first-order valence-electron chi connectivity index (χ1n) is 11.3. The second-order valence-electron chi connectivity index (χ2n) is 8.57. The highest BCUT2D eigenvalue weighted by atomic mass is 16.5. The Bertz CT molecular complexity index is 897. The van der Waals surface area contributed by atoms with E-state index in [4.69, 9.17) is 4.74 Å². The lowest BCUT2D eigenvalue weighted by molar-refractivity contribution is -0.138. The number of benzene rings is 2. The first kappa shape index (κ1) is 22.9. The molecule has 3 unspecified atom stereocenters. The van der Waals surface area contributed by atoms with Gasteiger partial charge in [0.2, 0.25) is 11.8 Å². The summed E-state index contributed by atoms with van der Waals surface area (Å²) >= 11 is 0. The monoisotopic (exact) mass is 422 g/mol. The quantitative estimate of drug-likeness (QED) is 0.654. The van der Waals surface area contributed by atoms with Crippen molar-refractivity contribution in [3.05, 3.63) is 59.7 Å². The number of likely N-dealkylation sites (tertiary alicyclic amines) is 1. The Morgan fingerprint density at radius 1 is 1.16 bits per heavy atom. The second-order valence-corrected chi connectivity index (χ2v) is 8.57. The number of rotatable bonds is 7. The molecule has 1 saturated heterocycles. The van der Waals surface area contributed by atoms with E-state index in [2.05, 4.69) is 5.32 Å². The van der Waals surface area contributed by atoms with Crippen LogP contribution < -0.4 is 10.1 Å². The Labute approximate surface area is 185 Å². The Morgan fingerprint density at radius 3 is 2.58 bits per heavy atom. The lowest BCUT2D eigenvalue weighted by Crippen LogP contribution is -2.45. The van der Waals surface area contributed by atoms with Crippen molar-refractivity contribution in [3.8, 4) is 5.75 Å². The number of nitrogens with zero attached hydrogens (tertiary/aromatic N) is 1. The predicted octanol–water partition coefficient (Wildman–Crippen LogP) is 5.36.